The van der Waals surface area contributed by atoms with Crippen molar-refractivity contribution in [2.45, 2.75) is 19.9 Å². The highest BCUT2D eigenvalue weighted by molar-refractivity contribution is 6.30. The average Bonchev–Trinajstić information content (AvgIpc) is 2.91. The average molecular weight is 338 g/mol. The van der Waals surface area contributed by atoms with E-state index in [1.54, 1.807) is 17.9 Å². The summed E-state index contributed by atoms with van der Waals surface area (Å²) in [5.41, 5.74) is 1.47. The lowest BCUT2D eigenvalue weighted by molar-refractivity contribution is 0.0649. The van der Waals surface area contributed by atoms with Crippen LogP contribution in [-0.4, -0.2) is 51.5 Å². The number of amides is 1. The lowest BCUT2D eigenvalue weighted by Gasteiger charge is -2.33. The van der Waals surface area contributed by atoms with Crippen molar-refractivity contribution in [3.05, 3.63) is 40.4 Å². The minimum Gasteiger partial charge on any atom is -0.332 e. The molecule has 0 radical (unpaired) electrons. The fourth-order valence-electron chi connectivity index (χ4n) is 2.67. The Kier molecular flexibility index (Phi) is 4.32. The molecule has 6 nitrogen and oxygen atoms in total. The molecule has 1 aromatic carbocycles. The van der Waals surface area contributed by atoms with Crippen LogP contribution in [0.3, 0.4) is 0 Å². The van der Waals surface area contributed by atoms with Crippen LogP contribution in [0.5, 0.6) is 0 Å². The van der Waals surface area contributed by atoms with E-state index in [4.69, 9.17) is 11.6 Å². The number of hydrogen-bond donors (Lipinski definition) is 1. The van der Waals surface area contributed by atoms with Gasteiger partial charge >= 0.3 is 0 Å². The fourth-order valence-corrected chi connectivity index (χ4v) is 2.84. The van der Waals surface area contributed by atoms with Crippen molar-refractivity contribution in [2.75, 3.05) is 19.6 Å². The molecule has 3 rings (SSSR count). The number of aromatic nitrogens is 3. The van der Waals surface area contributed by atoms with Gasteiger partial charge in [0.25, 0.3) is 5.91 Å². The van der Waals surface area contributed by atoms with Gasteiger partial charge in [0.2, 0.25) is 0 Å². The molecule has 0 aliphatic carbocycles. The van der Waals surface area contributed by atoms with E-state index >= 15 is 0 Å². The Hall–Kier alpha value is -1.99. The smallest absolute Gasteiger partial charge is 0.276 e. The first-order chi connectivity index (χ1) is 11.0. The highest BCUT2D eigenvalue weighted by Gasteiger charge is 2.28. The zero-order chi connectivity index (χ0) is 16.6. The first-order valence-electron chi connectivity index (χ1n) is 7.38. The maximum Gasteiger partial charge on any atom is 0.276 e. The quantitative estimate of drug-likeness (QED) is 0.907. The van der Waals surface area contributed by atoms with Crippen LogP contribution in [-0.2, 0) is 0 Å². The SMILES string of the molecule is Cc1c(C(=O)N2CCNC[C@@H]2C)nnn1-c1ccc(F)c(Cl)c1. The second-order valence-electron chi connectivity index (χ2n) is 5.59. The molecule has 1 atom stereocenters. The van der Waals surface area contributed by atoms with Gasteiger partial charge in [-0.15, -0.1) is 5.10 Å². The molecule has 1 N–H and O–H groups in total. The van der Waals surface area contributed by atoms with Crippen LogP contribution in [0.2, 0.25) is 5.02 Å². The molecule has 0 saturated carbocycles. The molecule has 0 unspecified atom stereocenters. The molecule has 1 amide bonds. The van der Waals surface area contributed by atoms with Crippen molar-refractivity contribution < 1.29 is 9.18 Å². The Balaban J connectivity index is 1.92. The van der Waals surface area contributed by atoms with E-state index in [0.717, 1.165) is 13.1 Å². The predicted molar refractivity (Wildman–Crippen MR) is 84.4 cm³/mol. The minimum atomic E-state index is -0.501. The summed E-state index contributed by atoms with van der Waals surface area (Å²) in [6.45, 7) is 5.90. The van der Waals surface area contributed by atoms with Crippen LogP contribution in [0.15, 0.2) is 18.2 Å². The molecule has 1 aromatic heterocycles. The summed E-state index contributed by atoms with van der Waals surface area (Å²) in [4.78, 5) is 14.5. The Morgan fingerprint density at radius 1 is 1.48 bits per heavy atom. The van der Waals surface area contributed by atoms with Gasteiger partial charge in [-0.25, -0.2) is 9.07 Å². The lowest BCUT2D eigenvalue weighted by Crippen LogP contribution is -2.52. The molecule has 0 bridgehead atoms. The number of halogens is 2. The summed E-state index contributed by atoms with van der Waals surface area (Å²) in [5.74, 6) is -0.643. The summed E-state index contributed by atoms with van der Waals surface area (Å²) >= 11 is 5.81. The third-order valence-electron chi connectivity index (χ3n) is 4.01. The third-order valence-corrected chi connectivity index (χ3v) is 4.30. The van der Waals surface area contributed by atoms with Gasteiger partial charge < -0.3 is 10.2 Å². The number of nitrogens with zero attached hydrogens (tertiary/aromatic N) is 4. The Labute approximate surface area is 138 Å². The third kappa shape index (κ3) is 2.94. The molecule has 0 spiro atoms. The minimum absolute atomic E-state index is 0.000929. The van der Waals surface area contributed by atoms with E-state index in [9.17, 15) is 9.18 Å². The van der Waals surface area contributed by atoms with E-state index < -0.39 is 5.82 Å². The first kappa shape index (κ1) is 15.9. The van der Waals surface area contributed by atoms with Gasteiger partial charge in [-0.3, -0.25) is 4.79 Å². The highest BCUT2D eigenvalue weighted by Crippen LogP contribution is 2.21. The summed E-state index contributed by atoms with van der Waals surface area (Å²) in [7, 11) is 0. The van der Waals surface area contributed by atoms with Crippen LogP contribution in [0.4, 0.5) is 4.39 Å². The Bertz CT molecular complexity index is 747. The van der Waals surface area contributed by atoms with E-state index in [0.29, 0.717) is 23.6 Å². The van der Waals surface area contributed by atoms with E-state index in [1.165, 1.54) is 16.8 Å². The number of hydrogen-bond acceptors (Lipinski definition) is 4. The van der Waals surface area contributed by atoms with Gasteiger partial charge in [0.15, 0.2) is 5.69 Å². The van der Waals surface area contributed by atoms with Crippen molar-refractivity contribution in [2.24, 2.45) is 0 Å². The van der Waals surface area contributed by atoms with Crippen LogP contribution >= 0.6 is 11.6 Å². The monoisotopic (exact) mass is 337 g/mol. The topological polar surface area (TPSA) is 63.1 Å². The number of nitrogens with one attached hydrogen (secondary N) is 1. The zero-order valence-electron chi connectivity index (χ0n) is 12.9. The van der Waals surface area contributed by atoms with E-state index in [2.05, 4.69) is 15.6 Å². The van der Waals surface area contributed by atoms with Crippen molar-refractivity contribution in [1.29, 1.82) is 0 Å². The van der Waals surface area contributed by atoms with Gasteiger partial charge in [-0.2, -0.15) is 0 Å². The Morgan fingerprint density at radius 2 is 2.26 bits per heavy atom. The first-order valence-corrected chi connectivity index (χ1v) is 7.76. The normalized spacial score (nSPS) is 18.3. The number of benzene rings is 1. The fraction of sp³-hybridized carbons (Fsp3) is 0.400. The van der Waals surface area contributed by atoms with Crippen LogP contribution in [0.1, 0.15) is 23.1 Å². The largest absolute Gasteiger partial charge is 0.332 e. The van der Waals surface area contributed by atoms with E-state index in [-0.39, 0.29) is 17.0 Å². The summed E-state index contributed by atoms with van der Waals surface area (Å²) in [6.07, 6.45) is 0. The zero-order valence-corrected chi connectivity index (χ0v) is 13.6. The van der Waals surface area contributed by atoms with Crippen LogP contribution in [0, 0.1) is 12.7 Å². The van der Waals surface area contributed by atoms with Crippen LogP contribution < -0.4 is 5.32 Å². The van der Waals surface area contributed by atoms with Gasteiger partial charge in [-0.1, -0.05) is 16.8 Å². The van der Waals surface area contributed by atoms with Gasteiger partial charge in [0, 0.05) is 25.7 Å². The van der Waals surface area contributed by atoms with Gasteiger partial charge in [-0.05, 0) is 32.0 Å². The molecule has 2 heterocycles. The van der Waals surface area contributed by atoms with Crippen molar-refractivity contribution >= 4 is 17.5 Å². The molecular formula is C15H17ClFN5O. The van der Waals surface area contributed by atoms with Crippen LogP contribution in [0.25, 0.3) is 5.69 Å². The van der Waals surface area contributed by atoms with Gasteiger partial charge in [0.1, 0.15) is 5.82 Å². The molecular weight excluding hydrogens is 321 g/mol. The Morgan fingerprint density at radius 3 is 2.96 bits per heavy atom. The standard InChI is InChI=1S/C15H17ClFN5O/c1-9-8-18-5-6-21(9)15(23)14-10(2)22(20-19-14)11-3-4-13(17)12(16)7-11/h3-4,7,9,18H,5-6,8H2,1-2H3/t9-/m0/s1. The summed E-state index contributed by atoms with van der Waals surface area (Å²) in [6, 6.07) is 4.37. The predicted octanol–water partition coefficient (Wildman–Crippen LogP) is 1.80. The van der Waals surface area contributed by atoms with Gasteiger partial charge in [0.05, 0.1) is 16.4 Å². The summed E-state index contributed by atoms with van der Waals surface area (Å²) < 4.78 is 14.8. The second-order valence-corrected chi connectivity index (χ2v) is 5.99. The maximum atomic E-state index is 13.3. The molecule has 1 aliphatic heterocycles. The molecule has 8 heteroatoms. The number of carbonyl (C=O) groups excluding carboxylic acids is 1. The van der Waals surface area contributed by atoms with Crippen molar-refractivity contribution in [3.8, 4) is 5.69 Å². The molecule has 1 aliphatic rings. The highest BCUT2D eigenvalue weighted by atomic mass is 35.5. The van der Waals surface area contributed by atoms with Crippen molar-refractivity contribution in [3.63, 3.8) is 0 Å². The molecule has 122 valence electrons. The molecule has 1 fully saturated rings. The lowest BCUT2D eigenvalue weighted by atomic mass is 10.2. The van der Waals surface area contributed by atoms with Crippen molar-refractivity contribution in [1.82, 2.24) is 25.2 Å². The second kappa shape index (κ2) is 6.25. The molecule has 23 heavy (non-hydrogen) atoms. The van der Waals surface area contributed by atoms with E-state index in [1.807, 2.05) is 6.92 Å². The number of rotatable bonds is 2. The molecule has 1 saturated heterocycles. The molecule has 2 aromatic rings. The number of piperazine rings is 1. The maximum absolute atomic E-state index is 13.3. The summed E-state index contributed by atoms with van der Waals surface area (Å²) in [5, 5.41) is 11.3. The number of carbonyl (C=O) groups is 1.